The summed E-state index contributed by atoms with van der Waals surface area (Å²) in [5.74, 6) is 0.608. The van der Waals surface area contributed by atoms with Crippen molar-refractivity contribution in [2.75, 3.05) is 6.54 Å². The quantitative estimate of drug-likeness (QED) is 0.724. The molecular formula is C19H22N4O2. The number of pyridine rings is 1. The number of carbonyl (C=O) groups is 1. The van der Waals surface area contributed by atoms with Crippen LogP contribution in [0.15, 0.2) is 48.9 Å². The van der Waals surface area contributed by atoms with Crippen molar-refractivity contribution < 1.29 is 9.90 Å². The third-order valence-electron chi connectivity index (χ3n) is 4.48. The van der Waals surface area contributed by atoms with E-state index in [4.69, 9.17) is 0 Å². The number of fused-ring (bicyclic) bond motifs is 1. The first-order valence-electron chi connectivity index (χ1n) is 8.45. The van der Waals surface area contributed by atoms with E-state index in [-0.39, 0.29) is 18.4 Å². The number of nitrogens with zero attached hydrogens (tertiary/aromatic N) is 3. The standard InChI is InChI=1S/C19H22N4O2/c1-3-13(2)17(24)11-21-19(25)14-8-9-18(20-10-14)23-12-22-15-6-4-5-7-16(15)23/h4-10,12-13,17,24H,3,11H2,1-2H3,(H,21,25). The number of aliphatic hydroxyl groups is 1. The van der Waals surface area contributed by atoms with Crippen molar-refractivity contribution in [2.45, 2.75) is 26.4 Å². The van der Waals surface area contributed by atoms with Crippen molar-refractivity contribution in [2.24, 2.45) is 5.92 Å². The molecule has 6 heteroatoms. The van der Waals surface area contributed by atoms with Crippen LogP contribution in [0.2, 0.25) is 0 Å². The number of aliphatic hydroxyl groups excluding tert-OH is 1. The molecule has 1 amide bonds. The molecule has 0 spiro atoms. The molecule has 2 unspecified atom stereocenters. The second-order valence-corrected chi connectivity index (χ2v) is 6.17. The fraction of sp³-hybridized carbons (Fsp3) is 0.316. The summed E-state index contributed by atoms with van der Waals surface area (Å²) in [6.45, 7) is 4.21. The summed E-state index contributed by atoms with van der Waals surface area (Å²) < 4.78 is 1.88. The van der Waals surface area contributed by atoms with E-state index in [0.29, 0.717) is 11.4 Å². The van der Waals surface area contributed by atoms with Gasteiger partial charge in [0.1, 0.15) is 12.1 Å². The number of rotatable bonds is 6. The Morgan fingerprint density at radius 2 is 2.04 bits per heavy atom. The van der Waals surface area contributed by atoms with Gasteiger partial charge in [-0.15, -0.1) is 0 Å². The number of hydrogen-bond donors (Lipinski definition) is 2. The summed E-state index contributed by atoms with van der Waals surface area (Å²) in [6, 6.07) is 11.3. The first-order valence-corrected chi connectivity index (χ1v) is 8.45. The summed E-state index contributed by atoms with van der Waals surface area (Å²) in [6.07, 6.45) is 3.58. The average Bonchev–Trinajstić information content (AvgIpc) is 3.09. The maximum absolute atomic E-state index is 12.2. The maximum Gasteiger partial charge on any atom is 0.252 e. The molecule has 0 fully saturated rings. The Labute approximate surface area is 146 Å². The first kappa shape index (κ1) is 17.1. The predicted octanol–water partition coefficient (Wildman–Crippen LogP) is 2.56. The van der Waals surface area contributed by atoms with Gasteiger partial charge >= 0.3 is 0 Å². The van der Waals surface area contributed by atoms with Gasteiger partial charge in [0.25, 0.3) is 5.91 Å². The normalized spacial score (nSPS) is 13.6. The number of hydrogen-bond acceptors (Lipinski definition) is 4. The van der Waals surface area contributed by atoms with Gasteiger partial charge < -0.3 is 10.4 Å². The van der Waals surface area contributed by atoms with Crippen LogP contribution in [-0.2, 0) is 0 Å². The van der Waals surface area contributed by atoms with Gasteiger partial charge in [-0.3, -0.25) is 9.36 Å². The van der Waals surface area contributed by atoms with Crippen molar-refractivity contribution in [1.29, 1.82) is 0 Å². The lowest BCUT2D eigenvalue weighted by Gasteiger charge is -2.17. The lowest BCUT2D eigenvalue weighted by atomic mass is 10.0. The van der Waals surface area contributed by atoms with E-state index < -0.39 is 6.10 Å². The predicted molar refractivity (Wildman–Crippen MR) is 96.7 cm³/mol. The minimum absolute atomic E-state index is 0.148. The number of aromatic nitrogens is 3. The highest BCUT2D eigenvalue weighted by Gasteiger charge is 2.14. The molecule has 0 radical (unpaired) electrons. The number of nitrogens with one attached hydrogen (secondary N) is 1. The van der Waals surface area contributed by atoms with Gasteiger partial charge in [-0.2, -0.15) is 0 Å². The van der Waals surface area contributed by atoms with Crippen LogP contribution in [0.3, 0.4) is 0 Å². The minimum atomic E-state index is -0.543. The highest BCUT2D eigenvalue weighted by Crippen LogP contribution is 2.16. The van der Waals surface area contributed by atoms with Crippen molar-refractivity contribution in [3.05, 3.63) is 54.5 Å². The van der Waals surface area contributed by atoms with Crippen molar-refractivity contribution >= 4 is 16.9 Å². The monoisotopic (exact) mass is 338 g/mol. The van der Waals surface area contributed by atoms with Crippen LogP contribution in [0.1, 0.15) is 30.6 Å². The molecule has 0 aliphatic heterocycles. The first-order chi connectivity index (χ1) is 12.1. The Morgan fingerprint density at radius 1 is 1.24 bits per heavy atom. The van der Waals surface area contributed by atoms with Gasteiger partial charge in [0, 0.05) is 12.7 Å². The van der Waals surface area contributed by atoms with Crippen LogP contribution in [0.25, 0.3) is 16.9 Å². The molecule has 2 atom stereocenters. The lowest BCUT2D eigenvalue weighted by molar-refractivity contribution is 0.0850. The molecule has 3 aromatic rings. The fourth-order valence-electron chi connectivity index (χ4n) is 2.58. The Morgan fingerprint density at radius 3 is 2.76 bits per heavy atom. The number of amides is 1. The van der Waals surface area contributed by atoms with Crippen molar-refractivity contribution in [3.63, 3.8) is 0 Å². The van der Waals surface area contributed by atoms with Gasteiger partial charge in [-0.05, 0) is 30.2 Å². The van der Waals surface area contributed by atoms with Gasteiger partial charge in [0.15, 0.2) is 0 Å². The molecule has 0 bridgehead atoms. The van der Waals surface area contributed by atoms with E-state index >= 15 is 0 Å². The third kappa shape index (κ3) is 3.69. The molecule has 0 aliphatic rings. The molecular weight excluding hydrogens is 316 g/mol. The molecule has 3 rings (SSSR count). The number of imidazole rings is 1. The second kappa shape index (κ2) is 7.44. The molecule has 0 saturated carbocycles. The van der Waals surface area contributed by atoms with Crippen LogP contribution in [0.4, 0.5) is 0 Å². The minimum Gasteiger partial charge on any atom is -0.391 e. The van der Waals surface area contributed by atoms with Crippen LogP contribution >= 0.6 is 0 Å². The third-order valence-corrected chi connectivity index (χ3v) is 4.48. The highest BCUT2D eigenvalue weighted by molar-refractivity contribution is 5.94. The summed E-state index contributed by atoms with van der Waals surface area (Å²) in [4.78, 5) is 20.9. The maximum atomic E-state index is 12.2. The van der Waals surface area contributed by atoms with E-state index in [2.05, 4.69) is 15.3 Å². The lowest BCUT2D eigenvalue weighted by Crippen LogP contribution is -2.35. The Kier molecular flexibility index (Phi) is 5.09. The number of carbonyl (C=O) groups excluding carboxylic acids is 1. The molecule has 2 heterocycles. The second-order valence-electron chi connectivity index (χ2n) is 6.17. The van der Waals surface area contributed by atoms with Crippen LogP contribution in [-0.4, -0.2) is 38.2 Å². The molecule has 0 saturated heterocycles. The largest absolute Gasteiger partial charge is 0.391 e. The van der Waals surface area contributed by atoms with Crippen molar-refractivity contribution in [3.8, 4) is 5.82 Å². The topological polar surface area (TPSA) is 80.0 Å². The molecule has 1 aromatic carbocycles. The molecule has 2 aromatic heterocycles. The number of para-hydroxylation sites is 2. The van der Waals surface area contributed by atoms with Crippen LogP contribution in [0.5, 0.6) is 0 Å². The molecule has 2 N–H and O–H groups in total. The van der Waals surface area contributed by atoms with Gasteiger partial charge in [0.05, 0.1) is 22.7 Å². The Bertz CT molecular complexity index is 857. The SMILES string of the molecule is CCC(C)C(O)CNC(=O)c1ccc(-n2cnc3ccccc32)nc1. The van der Waals surface area contributed by atoms with E-state index in [0.717, 1.165) is 17.5 Å². The molecule has 0 aliphatic carbocycles. The van der Waals surface area contributed by atoms with E-state index in [1.807, 2.05) is 42.7 Å². The van der Waals surface area contributed by atoms with Crippen molar-refractivity contribution in [1.82, 2.24) is 19.9 Å². The molecule has 130 valence electrons. The van der Waals surface area contributed by atoms with Crippen LogP contribution < -0.4 is 5.32 Å². The zero-order chi connectivity index (χ0) is 17.8. The zero-order valence-electron chi connectivity index (χ0n) is 14.4. The van der Waals surface area contributed by atoms with E-state index in [9.17, 15) is 9.90 Å². The van der Waals surface area contributed by atoms with Gasteiger partial charge in [-0.25, -0.2) is 9.97 Å². The summed E-state index contributed by atoms with van der Waals surface area (Å²) >= 11 is 0. The van der Waals surface area contributed by atoms with Crippen LogP contribution in [0, 0.1) is 5.92 Å². The van der Waals surface area contributed by atoms with E-state index in [1.54, 1.807) is 18.5 Å². The Hall–Kier alpha value is -2.73. The van der Waals surface area contributed by atoms with Gasteiger partial charge in [0.2, 0.25) is 0 Å². The number of benzene rings is 1. The van der Waals surface area contributed by atoms with Gasteiger partial charge in [-0.1, -0.05) is 32.4 Å². The summed E-state index contributed by atoms with van der Waals surface area (Å²) in [7, 11) is 0. The van der Waals surface area contributed by atoms with E-state index in [1.165, 1.54) is 6.20 Å². The molecule has 25 heavy (non-hydrogen) atoms. The molecule has 6 nitrogen and oxygen atoms in total. The summed E-state index contributed by atoms with van der Waals surface area (Å²) in [5, 5.41) is 12.7. The smallest absolute Gasteiger partial charge is 0.252 e. The summed E-state index contributed by atoms with van der Waals surface area (Å²) in [5.41, 5.74) is 2.32. The highest BCUT2D eigenvalue weighted by atomic mass is 16.3. The fourth-order valence-corrected chi connectivity index (χ4v) is 2.58. The Balaban J connectivity index is 1.71. The average molecular weight is 338 g/mol. The zero-order valence-corrected chi connectivity index (χ0v) is 14.4.